The van der Waals surface area contributed by atoms with E-state index in [4.69, 9.17) is 10.00 Å². The van der Waals surface area contributed by atoms with E-state index >= 15 is 0 Å². The third-order valence-corrected chi connectivity index (χ3v) is 8.10. The Hall–Kier alpha value is -3.40. The molecule has 204 valence electrons. The average molecular weight is 525 g/mol. The van der Waals surface area contributed by atoms with E-state index in [1.807, 2.05) is 32.9 Å². The number of fused-ring (bicyclic) bond motifs is 1. The number of rotatable bonds is 6. The van der Waals surface area contributed by atoms with Crippen LogP contribution >= 0.6 is 0 Å². The van der Waals surface area contributed by atoms with Gasteiger partial charge in [-0.2, -0.15) is 5.26 Å². The molecule has 39 heavy (non-hydrogen) atoms. The normalized spacial score (nSPS) is 18.6. The molecule has 0 spiro atoms. The van der Waals surface area contributed by atoms with E-state index in [0.29, 0.717) is 18.0 Å². The summed E-state index contributed by atoms with van der Waals surface area (Å²) < 4.78 is 5.93. The van der Waals surface area contributed by atoms with Crippen molar-refractivity contribution >= 4 is 22.4 Å². The van der Waals surface area contributed by atoms with Gasteiger partial charge in [-0.15, -0.1) is 0 Å². The van der Waals surface area contributed by atoms with Crippen molar-refractivity contribution in [3.8, 4) is 6.07 Å². The van der Waals surface area contributed by atoms with Gasteiger partial charge in [0.15, 0.2) is 0 Å². The van der Waals surface area contributed by atoms with Crippen LogP contribution in [0.4, 0.5) is 5.69 Å². The molecule has 0 aliphatic carbocycles. The van der Waals surface area contributed by atoms with Crippen LogP contribution in [0.3, 0.4) is 0 Å². The summed E-state index contributed by atoms with van der Waals surface area (Å²) in [4.78, 5) is 20.9. The number of hydrogen-bond acceptors (Lipinski definition) is 6. The maximum Gasteiger partial charge on any atom is 0.324 e. The molecule has 2 heterocycles. The Bertz CT molecular complexity index is 1300. The van der Waals surface area contributed by atoms with Gasteiger partial charge in [0.1, 0.15) is 11.6 Å². The summed E-state index contributed by atoms with van der Waals surface area (Å²) in [6.45, 7) is 11.7. The summed E-state index contributed by atoms with van der Waals surface area (Å²) in [5, 5.41) is 11.5. The number of likely N-dealkylation sites (tertiary alicyclic amines) is 1. The molecule has 1 unspecified atom stereocenters. The molecular formula is C33H40N4O2. The largest absolute Gasteiger partial charge is 0.459 e. The van der Waals surface area contributed by atoms with Gasteiger partial charge in [-0.3, -0.25) is 14.6 Å². The summed E-state index contributed by atoms with van der Waals surface area (Å²) in [6.07, 6.45) is 2.78. The van der Waals surface area contributed by atoms with Gasteiger partial charge in [0.25, 0.3) is 0 Å². The van der Waals surface area contributed by atoms with Gasteiger partial charge >= 0.3 is 5.97 Å². The number of carbonyl (C=O) groups excluding carboxylic acids is 1. The fraction of sp³-hybridized carbons (Fsp3) is 0.455. The first-order valence-electron chi connectivity index (χ1n) is 14.2. The molecule has 5 rings (SSSR count). The minimum Gasteiger partial charge on any atom is -0.459 e. The highest BCUT2D eigenvalue weighted by atomic mass is 16.6. The van der Waals surface area contributed by atoms with Gasteiger partial charge in [0.05, 0.1) is 11.6 Å². The van der Waals surface area contributed by atoms with Gasteiger partial charge in [-0.05, 0) is 80.6 Å². The molecule has 1 atom stereocenters. The second-order valence-electron chi connectivity index (χ2n) is 11.8. The lowest BCUT2D eigenvalue weighted by atomic mass is 9.95. The van der Waals surface area contributed by atoms with E-state index in [9.17, 15) is 4.79 Å². The highest BCUT2D eigenvalue weighted by molar-refractivity contribution is 5.86. The van der Waals surface area contributed by atoms with E-state index in [-0.39, 0.29) is 12.0 Å². The average Bonchev–Trinajstić information content (AvgIpc) is 2.95. The second-order valence-corrected chi connectivity index (χ2v) is 11.8. The van der Waals surface area contributed by atoms with E-state index < -0.39 is 5.60 Å². The van der Waals surface area contributed by atoms with Gasteiger partial charge < -0.3 is 9.64 Å². The van der Waals surface area contributed by atoms with Crippen molar-refractivity contribution in [1.82, 2.24) is 9.80 Å². The highest BCUT2D eigenvalue weighted by Crippen LogP contribution is 2.27. The van der Waals surface area contributed by atoms with Gasteiger partial charge in [0, 0.05) is 51.0 Å². The number of nitriles is 1. The van der Waals surface area contributed by atoms with Gasteiger partial charge in [-0.25, -0.2) is 0 Å². The number of benzene rings is 3. The Balaban J connectivity index is 1.22. The molecule has 2 saturated heterocycles. The zero-order valence-corrected chi connectivity index (χ0v) is 23.5. The number of piperazine rings is 1. The molecule has 0 saturated carbocycles. The molecule has 3 aromatic rings. The van der Waals surface area contributed by atoms with E-state index in [1.54, 1.807) is 0 Å². The second kappa shape index (κ2) is 11.8. The summed E-state index contributed by atoms with van der Waals surface area (Å²) in [6, 6.07) is 25.2. The first-order valence-corrected chi connectivity index (χ1v) is 14.2. The molecule has 2 fully saturated rings. The van der Waals surface area contributed by atoms with Gasteiger partial charge in [-0.1, -0.05) is 42.5 Å². The number of piperidine rings is 1. The fourth-order valence-corrected chi connectivity index (χ4v) is 6.06. The van der Waals surface area contributed by atoms with Crippen molar-refractivity contribution in [3.05, 3.63) is 77.9 Å². The SMILES string of the molecule is CC(C)(C)OC(=O)C(Cc1cccc2ccccc12)N1CCC(N2CCN(c3ccc(C#N)cc3)CC2)CC1. The lowest BCUT2D eigenvalue weighted by Crippen LogP contribution is -2.55. The van der Waals surface area contributed by atoms with Gasteiger partial charge in [0.2, 0.25) is 0 Å². The Morgan fingerprint density at radius 3 is 2.26 bits per heavy atom. The number of nitrogens with zero attached hydrogens (tertiary/aromatic N) is 4. The van der Waals surface area contributed by atoms with Crippen molar-refractivity contribution in [3.63, 3.8) is 0 Å². The minimum atomic E-state index is -0.513. The number of ether oxygens (including phenoxy) is 1. The van der Waals surface area contributed by atoms with E-state index in [2.05, 4.69) is 75.4 Å². The summed E-state index contributed by atoms with van der Waals surface area (Å²) in [5.74, 6) is -0.120. The third kappa shape index (κ3) is 6.61. The molecule has 6 heteroatoms. The molecule has 0 amide bonds. The predicted octanol–water partition coefficient (Wildman–Crippen LogP) is 5.25. The number of hydrogen-bond donors (Lipinski definition) is 0. The molecule has 2 aliphatic rings. The maximum absolute atomic E-state index is 13.5. The van der Waals surface area contributed by atoms with Crippen LogP contribution < -0.4 is 4.90 Å². The monoisotopic (exact) mass is 524 g/mol. The van der Waals surface area contributed by atoms with Crippen LogP contribution in [0, 0.1) is 11.3 Å². The summed E-state index contributed by atoms with van der Waals surface area (Å²) >= 11 is 0. The Kier molecular flexibility index (Phi) is 8.20. The van der Waals surface area contributed by atoms with Crippen molar-refractivity contribution < 1.29 is 9.53 Å². The topological polar surface area (TPSA) is 59.8 Å². The number of anilines is 1. The van der Waals surface area contributed by atoms with Crippen molar-refractivity contribution in [2.24, 2.45) is 0 Å². The number of esters is 1. The molecule has 0 aromatic heterocycles. The molecule has 3 aromatic carbocycles. The highest BCUT2D eigenvalue weighted by Gasteiger charge is 2.35. The van der Waals surface area contributed by atoms with Crippen LogP contribution in [0.15, 0.2) is 66.7 Å². The molecular weight excluding hydrogens is 484 g/mol. The zero-order valence-electron chi connectivity index (χ0n) is 23.5. The molecule has 2 aliphatic heterocycles. The quantitative estimate of drug-likeness (QED) is 0.411. The van der Waals surface area contributed by atoms with Crippen molar-refractivity contribution in [1.29, 1.82) is 5.26 Å². The lowest BCUT2D eigenvalue weighted by molar-refractivity contribution is -0.162. The van der Waals surface area contributed by atoms with Crippen LogP contribution in [0.25, 0.3) is 10.8 Å². The minimum absolute atomic E-state index is 0.120. The smallest absolute Gasteiger partial charge is 0.324 e. The van der Waals surface area contributed by atoms with E-state index in [0.717, 1.165) is 52.1 Å². The summed E-state index contributed by atoms with van der Waals surface area (Å²) in [5.41, 5.74) is 2.58. The maximum atomic E-state index is 13.5. The molecule has 0 radical (unpaired) electrons. The number of carbonyl (C=O) groups is 1. The van der Waals surface area contributed by atoms with Crippen LogP contribution in [0.5, 0.6) is 0 Å². The Morgan fingerprint density at radius 2 is 1.59 bits per heavy atom. The first-order chi connectivity index (χ1) is 18.8. The lowest BCUT2D eigenvalue weighted by Gasteiger charge is -2.44. The fourth-order valence-electron chi connectivity index (χ4n) is 6.06. The Labute approximate surface area is 232 Å². The van der Waals surface area contributed by atoms with Crippen molar-refractivity contribution in [2.75, 3.05) is 44.2 Å². The van der Waals surface area contributed by atoms with Crippen LogP contribution in [-0.2, 0) is 16.0 Å². The van der Waals surface area contributed by atoms with Crippen LogP contribution in [-0.4, -0.2) is 72.7 Å². The standard InChI is InChI=1S/C33H40N4O2/c1-33(2,3)39-32(38)31(23-27-9-6-8-26-7-4-5-10-30(26)27)37-17-15-29(16-18-37)36-21-19-35(20-22-36)28-13-11-25(24-34)12-14-28/h4-14,29,31H,15-23H2,1-3H3. The molecule has 0 N–H and O–H groups in total. The van der Waals surface area contributed by atoms with E-state index in [1.165, 1.54) is 22.0 Å². The molecule has 6 nitrogen and oxygen atoms in total. The summed E-state index contributed by atoms with van der Waals surface area (Å²) in [7, 11) is 0. The molecule has 0 bridgehead atoms. The zero-order chi connectivity index (χ0) is 27.4. The first kappa shape index (κ1) is 27.2. The van der Waals surface area contributed by atoms with Crippen molar-refractivity contribution in [2.45, 2.75) is 57.7 Å². The predicted molar refractivity (Wildman–Crippen MR) is 157 cm³/mol. The Morgan fingerprint density at radius 1 is 0.923 bits per heavy atom. The van der Waals surface area contributed by atoms with Crippen LogP contribution in [0.1, 0.15) is 44.7 Å². The third-order valence-electron chi connectivity index (χ3n) is 8.10. The van der Waals surface area contributed by atoms with Crippen LogP contribution in [0.2, 0.25) is 0 Å².